The number of aliphatic carboxylic acids is 2. The van der Waals surface area contributed by atoms with Gasteiger partial charge in [-0.2, -0.15) is 0 Å². The van der Waals surface area contributed by atoms with Crippen molar-refractivity contribution in [1.29, 1.82) is 0 Å². The van der Waals surface area contributed by atoms with Crippen LogP contribution < -0.4 is 0 Å². The molecule has 0 aliphatic rings. The minimum atomic E-state index is -1.03. The lowest BCUT2D eigenvalue weighted by molar-refractivity contribution is -0.133. The predicted molar refractivity (Wildman–Crippen MR) is 56.6 cm³/mol. The van der Waals surface area contributed by atoms with Crippen LogP contribution in [-0.2, 0) is 9.59 Å². The minimum Gasteiger partial charge on any atom is -0.478 e. The first-order valence-electron chi connectivity index (χ1n) is 4.80. The van der Waals surface area contributed by atoms with Gasteiger partial charge in [0.1, 0.15) is 0 Å². The molecule has 0 spiro atoms. The quantitative estimate of drug-likeness (QED) is 0.541. The molecule has 0 aromatic rings. The molecule has 0 aromatic carbocycles. The van der Waals surface area contributed by atoms with Crippen LogP contribution in [0.25, 0.3) is 0 Å². The molecule has 4 heteroatoms. The van der Waals surface area contributed by atoms with E-state index in [1.807, 2.05) is 0 Å². The molecule has 0 rings (SSSR count). The molecular formula is C11H16O4. The van der Waals surface area contributed by atoms with E-state index in [4.69, 9.17) is 10.2 Å². The summed E-state index contributed by atoms with van der Waals surface area (Å²) in [5.41, 5.74) is 1.00. The highest BCUT2D eigenvalue weighted by atomic mass is 16.4. The molecule has 0 aliphatic carbocycles. The molecular weight excluding hydrogens is 196 g/mol. The molecule has 0 saturated heterocycles. The fourth-order valence-corrected chi connectivity index (χ4v) is 1.24. The second-order valence-electron chi connectivity index (χ2n) is 3.15. The third kappa shape index (κ3) is 3.97. The Kier molecular flexibility index (Phi) is 5.37. The van der Waals surface area contributed by atoms with Crippen molar-refractivity contribution in [2.75, 3.05) is 0 Å². The fraction of sp³-hybridized carbons (Fsp3) is 0.455. The average molecular weight is 212 g/mol. The number of rotatable bonds is 5. The van der Waals surface area contributed by atoms with Crippen molar-refractivity contribution in [2.24, 2.45) is 0 Å². The Balaban J connectivity index is 5.30. The van der Waals surface area contributed by atoms with Gasteiger partial charge < -0.3 is 10.2 Å². The molecule has 0 heterocycles. The van der Waals surface area contributed by atoms with E-state index >= 15 is 0 Å². The molecule has 0 unspecified atom stereocenters. The van der Waals surface area contributed by atoms with Gasteiger partial charge in [0, 0.05) is 11.1 Å². The Hall–Kier alpha value is -1.58. The average Bonchev–Trinajstić information content (AvgIpc) is 2.16. The van der Waals surface area contributed by atoms with Gasteiger partial charge in [-0.15, -0.1) is 0 Å². The summed E-state index contributed by atoms with van der Waals surface area (Å²) < 4.78 is 0. The highest BCUT2D eigenvalue weighted by Gasteiger charge is 2.10. The topological polar surface area (TPSA) is 74.6 Å². The number of carbonyl (C=O) groups is 2. The van der Waals surface area contributed by atoms with Crippen molar-refractivity contribution >= 4 is 11.9 Å². The van der Waals surface area contributed by atoms with E-state index < -0.39 is 11.9 Å². The maximum atomic E-state index is 10.8. The van der Waals surface area contributed by atoms with Crippen LogP contribution in [0, 0.1) is 0 Å². The van der Waals surface area contributed by atoms with E-state index in [2.05, 4.69) is 0 Å². The highest BCUT2D eigenvalue weighted by Crippen LogP contribution is 2.16. The first-order chi connectivity index (χ1) is 6.93. The number of hydrogen-bond donors (Lipinski definition) is 2. The third-order valence-electron chi connectivity index (χ3n) is 2.11. The lowest BCUT2D eigenvalue weighted by Gasteiger charge is -2.05. The molecule has 0 radical (unpaired) electrons. The Morgan fingerprint density at radius 3 is 1.87 bits per heavy atom. The zero-order valence-electron chi connectivity index (χ0n) is 9.20. The third-order valence-corrected chi connectivity index (χ3v) is 2.11. The standard InChI is InChI=1S/C11H16O4/c1-4-8(6-7(3)10(12)13)9(5-2)11(14)15/h6H,4-5H2,1-3H3,(H,12,13)(H,14,15). The Bertz CT molecular complexity index is 323. The molecule has 0 aromatic heterocycles. The van der Waals surface area contributed by atoms with Gasteiger partial charge in [0.15, 0.2) is 0 Å². The predicted octanol–water partition coefficient (Wildman–Crippen LogP) is 2.22. The smallest absolute Gasteiger partial charge is 0.331 e. The fourth-order valence-electron chi connectivity index (χ4n) is 1.24. The van der Waals surface area contributed by atoms with Crippen LogP contribution in [0.2, 0.25) is 0 Å². The number of hydrogen-bond acceptors (Lipinski definition) is 2. The van der Waals surface area contributed by atoms with Crippen LogP contribution in [0.1, 0.15) is 33.6 Å². The van der Waals surface area contributed by atoms with Crippen molar-refractivity contribution in [1.82, 2.24) is 0 Å². The molecule has 15 heavy (non-hydrogen) atoms. The van der Waals surface area contributed by atoms with Gasteiger partial charge in [0.05, 0.1) is 0 Å². The minimum absolute atomic E-state index is 0.152. The Morgan fingerprint density at radius 1 is 1.07 bits per heavy atom. The summed E-state index contributed by atoms with van der Waals surface area (Å²) in [5, 5.41) is 17.6. The van der Waals surface area contributed by atoms with E-state index in [0.29, 0.717) is 18.4 Å². The lowest BCUT2D eigenvalue weighted by atomic mass is 10.0. The molecule has 0 amide bonds. The zero-order valence-corrected chi connectivity index (χ0v) is 9.20. The second kappa shape index (κ2) is 6.01. The molecule has 0 aliphatic heterocycles. The van der Waals surface area contributed by atoms with Crippen LogP contribution in [0.5, 0.6) is 0 Å². The van der Waals surface area contributed by atoms with Crippen molar-refractivity contribution < 1.29 is 19.8 Å². The van der Waals surface area contributed by atoms with Gasteiger partial charge in [-0.05, 0) is 31.4 Å². The van der Waals surface area contributed by atoms with Crippen molar-refractivity contribution in [2.45, 2.75) is 33.6 Å². The SMILES string of the molecule is CCC(C=C(C)C(=O)O)=C(CC)C(=O)O. The number of carboxylic acid groups (broad SMARTS) is 2. The van der Waals surface area contributed by atoms with E-state index in [-0.39, 0.29) is 11.1 Å². The molecule has 0 fully saturated rings. The maximum Gasteiger partial charge on any atom is 0.331 e. The molecule has 0 atom stereocenters. The largest absolute Gasteiger partial charge is 0.478 e. The first-order valence-corrected chi connectivity index (χ1v) is 4.80. The van der Waals surface area contributed by atoms with E-state index in [1.54, 1.807) is 13.8 Å². The molecule has 0 bridgehead atoms. The van der Waals surface area contributed by atoms with E-state index in [0.717, 1.165) is 0 Å². The van der Waals surface area contributed by atoms with Crippen LogP contribution in [0.4, 0.5) is 0 Å². The number of carboxylic acids is 2. The van der Waals surface area contributed by atoms with E-state index in [9.17, 15) is 9.59 Å². The van der Waals surface area contributed by atoms with Gasteiger partial charge in [0.25, 0.3) is 0 Å². The molecule has 2 N–H and O–H groups in total. The summed E-state index contributed by atoms with van der Waals surface area (Å²) in [7, 11) is 0. The van der Waals surface area contributed by atoms with Crippen molar-refractivity contribution in [3.63, 3.8) is 0 Å². The molecule has 0 saturated carbocycles. The van der Waals surface area contributed by atoms with Crippen LogP contribution in [-0.4, -0.2) is 22.2 Å². The summed E-state index contributed by atoms with van der Waals surface area (Å²) in [6, 6.07) is 0. The highest BCUT2D eigenvalue weighted by molar-refractivity contribution is 5.90. The second-order valence-corrected chi connectivity index (χ2v) is 3.15. The lowest BCUT2D eigenvalue weighted by Crippen LogP contribution is -2.04. The summed E-state index contributed by atoms with van der Waals surface area (Å²) >= 11 is 0. The Labute approximate surface area is 88.9 Å². The monoisotopic (exact) mass is 212 g/mol. The summed E-state index contributed by atoms with van der Waals surface area (Å²) in [4.78, 5) is 21.4. The first kappa shape index (κ1) is 13.4. The van der Waals surface area contributed by atoms with Gasteiger partial charge in [-0.1, -0.05) is 13.8 Å². The van der Waals surface area contributed by atoms with Crippen molar-refractivity contribution in [3.05, 3.63) is 22.8 Å². The van der Waals surface area contributed by atoms with Crippen LogP contribution >= 0.6 is 0 Å². The Morgan fingerprint density at radius 2 is 1.60 bits per heavy atom. The normalized spacial score (nSPS) is 13.4. The van der Waals surface area contributed by atoms with Crippen LogP contribution in [0.3, 0.4) is 0 Å². The zero-order chi connectivity index (χ0) is 12.0. The molecule has 4 nitrogen and oxygen atoms in total. The van der Waals surface area contributed by atoms with Gasteiger partial charge in [0.2, 0.25) is 0 Å². The van der Waals surface area contributed by atoms with Gasteiger partial charge >= 0.3 is 11.9 Å². The maximum absolute atomic E-state index is 10.8. The summed E-state index contributed by atoms with van der Waals surface area (Å²) in [5.74, 6) is -2.01. The van der Waals surface area contributed by atoms with Crippen molar-refractivity contribution in [3.8, 4) is 0 Å². The summed E-state index contributed by atoms with van der Waals surface area (Å²) in [6.07, 6.45) is 2.33. The van der Waals surface area contributed by atoms with Gasteiger partial charge in [-0.25, -0.2) is 9.59 Å². The van der Waals surface area contributed by atoms with Gasteiger partial charge in [-0.3, -0.25) is 0 Å². The summed E-state index contributed by atoms with van der Waals surface area (Å²) in [6.45, 7) is 5.00. The van der Waals surface area contributed by atoms with E-state index in [1.165, 1.54) is 13.0 Å². The molecule has 84 valence electrons. The van der Waals surface area contributed by atoms with Crippen LogP contribution in [0.15, 0.2) is 22.8 Å². The number of allylic oxidation sites excluding steroid dienone is 2.